The van der Waals surface area contributed by atoms with Crippen LogP contribution >= 0.6 is 0 Å². The van der Waals surface area contributed by atoms with E-state index in [2.05, 4.69) is 6.58 Å². The summed E-state index contributed by atoms with van der Waals surface area (Å²) >= 11 is 0. The summed E-state index contributed by atoms with van der Waals surface area (Å²) in [7, 11) is 1.63. The van der Waals surface area contributed by atoms with Gasteiger partial charge in [-0.25, -0.2) is 0 Å². The molecular weight excluding hydrogens is 176 g/mol. The molecule has 2 heteroatoms. The number of benzene rings is 1. The van der Waals surface area contributed by atoms with E-state index < -0.39 is 6.10 Å². The maximum atomic E-state index is 9.60. The first-order valence-corrected chi connectivity index (χ1v) is 4.60. The second kappa shape index (κ2) is 4.82. The van der Waals surface area contributed by atoms with Crippen LogP contribution in [0.3, 0.4) is 0 Å². The van der Waals surface area contributed by atoms with E-state index in [4.69, 9.17) is 4.74 Å². The minimum atomic E-state index is -0.470. The Hall–Kier alpha value is -1.28. The van der Waals surface area contributed by atoms with Crippen molar-refractivity contribution in [3.8, 4) is 5.75 Å². The van der Waals surface area contributed by atoms with Crippen molar-refractivity contribution in [1.29, 1.82) is 0 Å². The van der Waals surface area contributed by atoms with E-state index in [9.17, 15) is 5.11 Å². The summed E-state index contributed by atoms with van der Waals surface area (Å²) in [5.74, 6) is 0.816. The highest BCUT2D eigenvalue weighted by Crippen LogP contribution is 2.15. The molecular formula is C12H16O2. The molecule has 0 radical (unpaired) electrons. The zero-order valence-electron chi connectivity index (χ0n) is 8.66. The van der Waals surface area contributed by atoms with Crippen molar-refractivity contribution < 1.29 is 9.84 Å². The Balaban J connectivity index is 2.71. The first kappa shape index (κ1) is 10.8. The van der Waals surface area contributed by atoms with Crippen LogP contribution in [0.5, 0.6) is 5.75 Å². The molecule has 0 amide bonds. The number of ether oxygens (including phenoxy) is 1. The molecule has 1 N–H and O–H groups in total. The van der Waals surface area contributed by atoms with Crippen molar-refractivity contribution in [1.82, 2.24) is 0 Å². The second-order valence-corrected chi connectivity index (χ2v) is 3.42. The zero-order valence-corrected chi connectivity index (χ0v) is 8.66. The molecule has 0 aromatic heterocycles. The summed E-state index contributed by atoms with van der Waals surface area (Å²) in [5.41, 5.74) is 1.84. The first-order valence-electron chi connectivity index (χ1n) is 4.60. The monoisotopic (exact) mass is 192 g/mol. The van der Waals surface area contributed by atoms with Crippen LogP contribution in [0.4, 0.5) is 0 Å². The highest BCUT2D eigenvalue weighted by atomic mass is 16.5. The molecule has 0 saturated carbocycles. The highest BCUT2D eigenvalue weighted by Gasteiger charge is 2.06. The lowest BCUT2D eigenvalue weighted by molar-refractivity contribution is 0.212. The molecule has 0 spiro atoms. The Bertz CT molecular complexity index is 318. The molecule has 1 aromatic carbocycles. The highest BCUT2D eigenvalue weighted by molar-refractivity contribution is 5.29. The Morgan fingerprint density at radius 2 is 2.29 bits per heavy atom. The molecule has 2 nitrogen and oxygen atoms in total. The summed E-state index contributed by atoms with van der Waals surface area (Å²) < 4.78 is 5.09. The molecule has 1 unspecified atom stereocenters. The van der Waals surface area contributed by atoms with Gasteiger partial charge in [-0.05, 0) is 24.6 Å². The minimum Gasteiger partial charge on any atom is -0.497 e. The SMILES string of the molecule is C=C(C)C(O)Cc1cccc(OC)c1. The van der Waals surface area contributed by atoms with Gasteiger partial charge in [0.1, 0.15) is 5.75 Å². The van der Waals surface area contributed by atoms with Gasteiger partial charge in [-0.1, -0.05) is 24.3 Å². The fourth-order valence-corrected chi connectivity index (χ4v) is 1.20. The molecule has 0 heterocycles. The summed E-state index contributed by atoms with van der Waals surface area (Å²) in [5, 5.41) is 9.60. The third-order valence-electron chi connectivity index (χ3n) is 2.13. The minimum absolute atomic E-state index is 0.470. The van der Waals surface area contributed by atoms with Crippen LogP contribution in [0.1, 0.15) is 12.5 Å². The Morgan fingerprint density at radius 1 is 1.57 bits per heavy atom. The molecule has 0 aliphatic rings. The van der Waals surface area contributed by atoms with Crippen LogP contribution in [0, 0.1) is 0 Å². The Labute approximate surface area is 84.8 Å². The van der Waals surface area contributed by atoms with Gasteiger partial charge in [0.15, 0.2) is 0 Å². The maximum Gasteiger partial charge on any atom is 0.119 e. The number of aliphatic hydroxyl groups is 1. The normalized spacial score (nSPS) is 12.2. The van der Waals surface area contributed by atoms with E-state index in [0.29, 0.717) is 6.42 Å². The average molecular weight is 192 g/mol. The third kappa shape index (κ3) is 2.89. The number of hydrogen-bond acceptors (Lipinski definition) is 2. The predicted octanol–water partition coefficient (Wildman–Crippen LogP) is 2.17. The Morgan fingerprint density at radius 3 is 2.86 bits per heavy atom. The van der Waals surface area contributed by atoms with Gasteiger partial charge in [0.25, 0.3) is 0 Å². The van der Waals surface area contributed by atoms with Crippen molar-refractivity contribution in [2.75, 3.05) is 7.11 Å². The first-order chi connectivity index (χ1) is 6.63. The topological polar surface area (TPSA) is 29.5 Å². The van der Waals surface area contributed by atoms with Crippen molar-refractivity contribution >= 4 is 0 Å². The molecule has 0 aliphatic carbocycles. The lowest BCUT2D eigenvalue weighted by Gasteiger charge is -2.10. The third-order valence-corrected chi connectivity index (χ3v) is 2.13. The van der Waals surface area contributed by atoms with E-state index in [0.717, 1.165) is 16.9 Å². The molecule has 0 bridgehead atoms. The van der Waals surface area contributed by atoms with Gasteiger partial charge >= 0.3 is 0 Å². The van der Waals surface area contributed by atoms with Gasteiger partial charge < -0.3 is 9.84 Å². The fraction of sp³-hybridized carbons (Fsp3) is 0.333. The standard InChI is InChI=1S/C12H16O2/c1-9(2)12(13)8-10-5-4-6-11(7-10)14-3/h4-7,12-13H,1,8H2,2-3H3. The predicted molar refractivity (Wildman–Crippen MR) is 57.5 cm³/mol. The van der Waals surface area contributed by atoms with Crippen LogP contribution in [0.2, 0.25) is 0 Å². The van der Waals surface area contributed by atoms with Crippen molar-refractivity contribution in [2.24, 2.45) is 0 Å². The molecule has 14 heavy (non-hydrogen) atoms. The van der Waals surface area contributed by atoms with Crippen LogP contribution in [-0.4, -0.2) is 18.3 Å². The van der Waals surface area contributed by atoms with Gasteiger partial charge in [0, 0.05) is 6.42 Å². The molecule has 1 aromatic rings. The smallest absolute Gasteiger partial charge is 0.119 e. The lowest BCUT2D eigenvalue weighted by atomic mass is 10.0. The molecule has 0 aliphatic heterocycles. The number of methoxy groups -OCH3 is 1. The van der Waals surface area contributed by atoms with Gasteiger partial charge in [-0.3, -0.25) is 0 Å². The molecule has 1 rings (SSSR count). The summed E-state index contributed by atoms with van der Waals surface area (Å²) in [6, 6.07) is 7.69. The second-order valence-electron chi connectivity index (χ2n) is 3.42. The van der Waals surface area contributed by atoms with Crippen LogP contribution < -0.4 is 4.74 Å². The van der Waals surface area contributed by atoms with Gasteiger partial charge in [-0.15, -0.1) is 0 Å². The van der Waals surface area contributed by atoms with Crippen LogP contribution in [0.25, 0.3) is 0 Å². The quantitative estimate of drug-likeness (QED) is 0.741. The van der Waals surface area contributed by atoms with E-state index in [1.807, 2.05) is 31.2 Å². The van der Waals surface area contributed by atoms with E-state index in [-0.39, 0.29) is 0 Å². The van der Waals surface area contributed by atoms with Gasteiger partial charge in [0.05, 0.1) is 13.2 Å². The van der Waals surface area contributed by atoms with Crippen LogP contribution in [0.15, 0.2) is 36.4 Å². The van der Waals surface area contributed by atoms with Gasteiger partial charge in [0.2, 0.25) is 0 Å². The van der Waals surface area contributed by atoms with E-state index >= 15 is 0 Å². The molecule has 0 fully saturated rings. The largest absolute Gasteiger partial charge is 0.497 e. The maximum absolute atomic E-state index is 9.60. The number of rotatable bonds is 4. The average Bonchev–Trinajstić information content (AvgIpc) is 2.18. The summed E-state index contributed by atoms with van der Waals surface area (Å²) in [6.45, 7) is 5.54. The Kier molecular flexibility index (Phi) is 3.72. The van der Waals surface area contributed by atoms with E-state index in [1.165, 1.54) is 0 Å². The van der Waals surface area contributed by atoms with Gasteiger partial charge in [-0.2, -0.15) is 0 Å². The van der Waals surface area contributed by atoms with Crippen molar-refractivity contribution in [3.05, 3.63) is 42.0 Å². The molecule has 1 atom stereocenters. The molecule has 76 valence electrons. The zero-order chi connectivity index (χ0) is 10.6. The van der Waals surface area contributed by atoms with Crippen molar-refractivity contribution in [2.45, 2.75) is 19.4 Å². The summed E-state index contributed by atoms with van der Waals surface area (Å²) in [4.78, 5) is 0. The lowest BCUT2D eigenvalue weighted by Crippen LogP contribution is -2.10. The van der Waals surface area contributed by atoms with Crippen LogP contribution in [-0.2, 0) is 6.42 Å². The summed E-state index contributed by atoms with van der Waals surface area (Å²) in [6.07, 6.45) is 0.120. The van der Waals surface area contributed by atoms with Crippen molar-refractivity contribution in [3.63, 3.8) is 0 Å². The number of hydrogen-bond donors (Lipinski definition) is 1. The van der Waals surface area contributed by atoms with E-state index in [1.54, 1.807) is 7.11 Å². The molecule has 0 saturated heterocycles. The number of aliphatic hydroxyl groups excluding tert-OH is 1. The fourth-order valence-electron chi connectivity index (χ4n) is 1.20.